The largest absolute Gasteiger partial charge is 0.355 e. The van der Waals surface area contributed by atoms with Gasteiger partial charge in [0.05, 0.1) is 0 Å². The Labute approximate surface area is 72.8 Å². The molecule has 1 aromatic heterocycles. The number of rotatable bonds is 6. The van der Waals surface area contributed by atoms with Crippen LogP contribution in [-0.2, 0) is 0 Å². The first-order chi connectivity index (χ1) is 5.93. The second-order valence-corrected chi connectivity index (χ2v) is 2.82. The van der Waals surface area contributed by atoms with Crippen molar-refractivity contribution in [2.24, 2.45) is 0 Å². The average molecular weight is 168 g/mol. The Bertz CT molecular complexity index is 183. The maximum Gasteiger partial charge on any atom is 0.218 e. The number of aromatic nitrogens is 3. The zero-order valence-corrected chi connectivity index (χ0v) is 7.51. The quantitative estimate of drug-likeness (QED) is 0.637. The smallest absolute Gasteiger partial charge is 0.218 e. The summed E-state index contributed by atoms with van der Waals surface area (Å²) in [6.07, 6.45) is 6.60. The van der Waals surface area contributed by atoms with Crippen LogP contribution in [0, 0.1) is 0 Å². The Balaban J connectivity index is 1.96. The van der Waals surface area contributed by atoms with Crippen molar-refractivity contribution in [2.75, 3.05) is 11.9 Å². The van der Waals surface area contributed by atoms with Crippen LogP contribution in [0.4, 0.5) is 5.95 Å². The summed E-state index contributed by atoms with van der Waals surface area (Å²) in [5, 5.41) is 9.65. The van der Waals surface area contributed by atoms with E-state index in [2.05, 4.69) is 27.4 Å². The van der Waals surface area contributed by atoms with Gasteiger partial charge in [-0.1, -0.05) is 26.2 Å². The topological polar surface area (TPSA) is 53.6 Å². The number of hydrogen-bond donors (Lipinski definition) is 2. The molecule has 1 aromatic rings. The molecule has 2 N–H and O–H groups in total. The summed E-state index contributed by atoms with van der Waals surface area (Å²) < 4.78 is 0. The van der Waals surface area contributed by atoms with Gasteiger partial charge < -0.3 is 5.32 Å². The zero-order valence-electron chi connectivity index (χ0n) is 7.51. The van der Waals surface area contributed by atoms with Gasteiger partial charge in [-0.25, -0.2) is 10.1 Å². The molecule has 0 radical (unpaired) electrons. The molecule has 0 bridgehead atoms. The molecular formula is C8H16N4. The second-order valence-electron chi connectivity index (χ2n) is 2.82. The van der Waals surface area contributed by atoms with Crippen molar-refractivity contribution in [3.8, 4) is 0 Å². The minimum absolute atomic E-state index is 0.770. The van der Waals surface area contributed by atoms with Crippen molar-refractivity contribution in [1.29, 1.82) is 0 Å². The van der Waals surface area contributed by atoms with Gasteiger partial charge in [-0.05, 0) is 6.42 Å². The van der Waals surface area contributed by atoms with Gasteiger partial charge >= 0.3 is 0 Å². The molecule has 0 amide bonds. The summed E-state index contributed by atoms with van der Waals surface area (Å²) in [6.45, 7) is 3.19. The number of H-pyrrole nitrogens is 1. The highest BCUT2D eigenvalue weighted by Crippen LogP contribution is 1.99. The third-order valence-corrected chi connectivity index (χ3v) is 1.74. The van der Waals surface area contributed by atoms with E-state index in [4.69, 9.17) is 0 Å². The third-order valence-electron chi connectivity index (χ3n) is 1.74. The summed E-state index contributed by atoms with van der Waals surface area (Å²) in [5.41, 5.74) is 0. The summed E-state index contributed by atoms with van der Waals surface area (Å²) in [5.74, 6) is 0.770. The van der Waals surface area contributed by atoms with Gasteiger partial charge in [0.2, 0.25) is 5.95 Å². The lowest BCUT2D eigenvalue weighted by atomic mass is 10.2. The van der Waals surface area contributed by atoms with Crippen molar-refractivity contribution in [2.45, 2.75) is 32.6 Å². The number of anilines is 1. The standard InChI is InChI=1S/C8H16N4/c1-2-3-4-5-6-9-8-10-7-11-12-8/h7H,2-6H2,1H3,(H2,9,10,11,12). The molecule has 0 saturated heterocycles. The van der Waals surface area contributed by atoms with Crippen LogP contribution in [0.3, 0.4) is 0 Å². The minimum atomic E-state index is 0.770. The molecule has 0 saturated carbocycles. The Morgan fingerprint density at radius 2 is 2.33 bits per heavy atom. The van der Waals surface area contributed by atoms with Crippen molar-refractivity contribution in [3.05, 3.63) is 6.33 Å². The van der Waals surface area contributed by atoms with Gasteiger partial charge in [-0.2, -0.15) is 5.10 Å². The molecule has 1 rings (SSSR count). The van der Waals surface area contributed by atoms with E-state index >= 15 is 0 Å². The molecule has 1 heterocycles. The van der Waals surface area contributed by atoms with Crippen LogP contribution >= 0.6 is 0 Å². The first kappa shape index (κ1) is 9.03. The number of aromatic amines is 1. The Morgan fingerprint density at radius 1 is 1.42 bits per heavy atom. The second kappa shape index (κ2) is 5.57. The molecular weight excluding hydrogens is 152 g/mol. The molecule has 0 atom stereocenters. The molecule has 12 heavy (non-hydrogen) atoms. The van der Waals surface area contributed by atoms with Gasteiger partial charge in [0, 0.05) is 6.54 Å². The number of nitrogens with one attached hydrogen (secondary N) is 2. The van der Waals surface area contributed by atoms with Crippen LogP contribution in [-0.4, -0.2) is 21.7 Å². The molecule has 0 fully saturated rings. The Hall–Kier alpha value is -1.06. The molecule has 4 heteroatoms. The lowest BCUT2D eigenvalue weighted by molar-refractivity contribution is 0.683. The van der Waals surface area contributed by atoms with Gasteiger partial charge in [0.25, 0.3) is 0 Å². The third kappa shape index (κ3) is 3.37. The molecule has 0 aromatic carbocycles. The minimum Gasteiger partial charge on any atom is -0.355 e. The highest BCUT2D eigenvalue weighted by molar-refractivity contribution is 5.19. The van der Waals surface area contributed by atoms with Crippen LogP contribution in [0.2, 0.25) is 0 Å². The summed E-state index contributed by atoms with van der Waals surface area (Å²) in [7, 11) is 0. The first-order valence-corrected chi connectivity index (χ1v) is 4.52. The van der Waals surface area contributed by atoms with E-state index in [-0.39, 0.29) is 0 Å². The number of nitrogens with zero attached hydrogens (tertiary/aromatic N) is 2. The van der Waals surface area contributed by atoms with Gasteiger partial charge in [0.15, 0.2) is 0 Å². The molecule has 0 aliphatic carbocycles. The van der Waals surface area contributed by atoms with E-state index in [9.17, 15) is 0 Å². The van der Waals surface area contributed by atoms with E-state index in [1.165, 1.54) is 32.0 Å². The van der Waals surface area contributed by atoms with Gasteiger partial charge in [-0.15, -0.1) is 0 Å². The van der Waals surface area contributed by atoms with Gasteiger partial charge in [-0.3, -0.25) is 0 Å². The van der Waals surface area contributed by atoms with Gasteiger partial charge in [0.1, 0.15) is 6.33 Å². The Kier molecular flexibility index (Phi) is 4.19. The van der Waals surface area contributed by atoms with E-state index < -0.39 is 0 Å². The van der Waals surface area contributed by atoms with Crippen LogP contribution in [0.15, 0.2) is 6.33 Å². The predicted octanol–water partition coefficient (Wildman–Crippen LogP) is 1.80. The van der Waals surface area contributed by atoms with Crippen LogP contribution in [0.5, 0.6) is 0 Å². The maximum atomic E-state index is 3.96. The predicted molar refractivity (Wildman–Crippen MR) is 49.0 cm³/mol. The van der Waals surface area contributed by atoms with Crippen LogP contribution in [0.25, 0.3) is 0 Å². The van der Waals surface area contributed by atoms with Crippen LogP contribution < -0.4 is 5.32 Å². The lowest BCUT2D eigenvalue weighted by Crippen LogP contribution is -2.02. The van der Waals surface area contributed by atoms with E-state index in [1.807, 2.05) is 0 Å². The normalized spacial score (nSPS) is 10.1. The number of unbranched alkanes of at least 4 members (excludes halogenated alkanes) is 3. The van der Waals surface area contributed by atoms with E-state index in [0.29, 0.717) is 0 Å². The fourth-order valence-corrected chi connectivity index (χ4v) is 1.05. The van der Waals surface area contributed by atoms with Crippen molar-refractivity contribution in [3.63, 3.8) is 0 Å². The first-order valence-electron chi connectivity index (χ1n) is 4.52. The molecule has 4 nitrogen and oxygen atoms in total. The lowest BCUT2D eigenvalue weighted by Gasteiger charge is -2.00. The SMILES string of the molecule is CCCCCCNc1ncn[nH]1. The number of hydrogen-bond acceptors (Lipinski definition) is 3. The fourth-order valence-electron chi connectivity index (χ4n) is 1.05. The zero-order chi connectivity index (χ0) is 8.65. The highest BCUT2D eigenvalue weighted by atomic mass is 15.3. The molecule has 0 spiro atoms. The van der Waals surface area contributed by atoms with Crippen molar-refractivity contribution in [1.82, 2.24) is 15.2 Å². The van der Waals surface area contributed by atoms with E-state index in [1.54, 1.807) is 0 Å². The fraction of sp³-hybridized carbons (Fsp3) is 0.750. The highest BCUT2D eigenvalue weighted by Gasteiger charge is 1.91. The molecule has 0 aliphatic rings. The average Bonchev–Trinajstić information content (AvgIpc) is 2.57. The summed E-state index contributed by atoms with van der Waals surface area (Å²) >= 11 is 0. The van der Waals surface area contributed by atoms with E-state index in [0.717, 1.165) is 12.5 Å². The maximum absolute atomic E-state index is 3.96. The molecule has 0 aliphatic heterocycles. The van der Waals surface area contributed by atoms with Crippen molar-refractivity contribution >= 4 is 5.95 Å². The Morgan fingerprint density at radius 3 is 3.00 bits per heavy atom. The molecule has 68 valence electrons. The summed E-state index contributed by atoms with van der Waals surface area (Å²) in [4.78, 5) is 3.96. The summed E-state index contributed by atoms with van der Waals surface area (Å²) in [6, 6.07) is 0. The molecule has 0 unspecified atom stereocenters. The monoisotopic (exact) mass is 168 g/mol. The van der Waals surface area contributed by atoms with Crippen LogP contribution in [0.1, 0.15) is 32.6 Å². The van der Waals surface area contributed by atoms with Crippen molar-refractivity contribution < 1.29 is 0 Å².